The van der Waals surface area contributed by atoms with Crippen LogP contribution in [-0.4, -0.2) is 10.1 Å². The minimum atomic E-state index is -2.88. The molecule has 1 unspecified atom stereocenters. The maximum atomic E-state index is 11.7. The van der Waals surface area contributed by atoms with E-state index in [9.17, 15) is 13.2 Å². The smallest absolute Gasteiger partial charge is 0.226 e. The minimum Gasteiger partial charge on any atom is -0.226 e. The van der Waals surface area contributed by atoms with E-state index in [0.29, 0.717) is 0 Å². The Balaban J connectivity index is 3.54. The lowest BCUT2D eigenvalue weighted by molar-refractivity contribution is 0.0496. The fraction of sp³-hybridized carbons (Fsp3) is 1.00. The minimum absolute atomic E-state index is 0.832. The Hall–Kier alpha value is 0.520. The lowest BCUT2D eigenvalue weighted by atomic mass is 10.5. The molecule has 0 N–H and O–H groups in total. The number of halogens is 4. The summed E-state index contributed by atoms with van der Waals surface area (Å²) in [7, 11) is 0. The molecule has 0 aliphatic carbocycles. The van der Waals surface area contributed by atoms with Gasteiger partial charge < -0.3 is 0 Å². The Morgan fingerprint density at radius 3 is 1.71 bits per heavy atom. The van der Waals surface area contributed by atoms with E-state index in [2.05, 4.69) is 0 Å². The van der Waals surface area contributed by atoms with Gasteiger partial charge in [-0.3, -0.25) is 0 Å². The van der Waals surface area contributed by atoms with Crippen molar-refractivity contribution in [2.75, 3.05) is 0 Å². The van der Waals surface area contributed by atoms with E-state index in [0.717, 1.165) is 29.5 Å². The predicted molar refractivity (Wildman–Crippen MR) is 29.5 cm³/mol. The molecule has 0 aliphatic heterocycles. The number of rotatable bonds is 1. The van der Waals surface area contributed by atoms with Crippen molar-refractivity contribution < 1.29 is 13.2 Å². The van der Waals surface area contributed by atoms with Gasteiger partial charge in [-0.1, -0.05) is 0 Å². The van der Waals surface area contributed by atoms with E-state index in [-0.39, 0.29) is 0 Å². The van der Waals surface area contributed by atoms with Gasteiger partial charge in [0.1, 0.15) is 0 Å². The average molecular weight is 224 g/mol. The Bertz CT molecular complexity index is 55.7. The van der Waals surface area contributed by atoms with Gasteiger partial charge in [0.25, 0.3) is 6.43 Å². The summed E-state index contributed by atoms with van der Waals surface area (Å²) in [5.74, 6) is 0. The van der Waals surface area contributed by atoms with Crippen LogP contribution in [0.15, 0.2) is 0 Å². The van der Waals surface area contributed by atoms with E-state index < -0.39 is 10.1 Å². The second-order valence-corrected chi connectivity index (χ2v) is 3.37. The predicted octanol–water partition coefficient (Wildman–Crippen LogP) is 2.37. The Kier molecular flexibility index (Phi) is 2.35. The summed E-state index contributed by atoms with van der Waals surface area (Å²) >= 11 is 1.05. The van der Waals surface area contributed by atoms with Crippen molar-refractivity contribution in [3.63, 3.8) is 0 Å². The molecule has 4 heteroatoms. The molecule has 7 heavy (non-hydrogen) atoms. The summed E-state index contributed by atoms with van der Waals surface area (Å²) in [4.78, 5) is 0. The van der Waals surface area contributed by atoms with Gasteiger partial charge >= 0.3 is 0 Å². The first-order valence-electron chi connectivity index (χ1n) is 1.60. The van der Waals surface area contributed by atoms with E-state index in [1.54, 1.807) is 0 Å². The topological polar surface area (TPSA) is 0 Å². The van der Waals surface area contributed by atoms with E-state index in [1.165, 1.54) is 0 Å². The molecule has 0 heterocycles. The first-order valence-corrected chi connectivity index (χ1v) is 2.68. The quantitative estimate of drug-likeness (QED) is 0.473. The molecule has 44 valence electrons. The molecular weight excluding hydrogens is 220 g/mol. The molecule has 0 aromatic rings. The molecule has 0 radical (unpaired) electrons. The van der Waals surface area contributed by atoms with Crippen LogP contribution in [0.5, 0.6) is 0 Å². The molecule has 0 aromatic carbocycles. The Labute approximate surface area is 53.2 Å². The van der Waals surface area contributed by atoms with Gasteiger partial charge in [-0.15, -0.1) is 0 Å². The summed E-state index contributed by atoms with van der Waals surface area (Å²) in [5.41, 5.74) is 0. The zero-order chi connectivity index (χ0) is 6.08. The van der Waals surface area contributed by atoms with Gasteiger partial charge in [0.05, 0.1) is 0 Å². The summed E-state index contributed by atoms with van der Waals surface area (Å²) in [6.07, 6.45) is -2.88. The monoisotopic (exact) mass is 224 g/mol. The zero-order valence-electron chi connectivity index (χ0n) is 3.59. The number of alkyl halides is 4. The fourth-order valence-corrected chi connectivity index (χ4v) is 0. The van der Waals surface area contributed by atoms with Gasteiger partial charge in [0, 0.05) is 0 Å². The first kappa shape index (κ1) is 7.52. The third kappa shape index (κ3) is 3.13. The highest BCUT2D eigenvalue weighted by Crippen LogP contribution is 2.26. The van der Waals surface area contributed by atoms with Crippen LogP contribution in [-0.2, 0) is 0 Å². The van der Waals surface area contributed by atoms with Crippen LogP contribution in [0.4, 0.5) is 13.2 Å². The van der Waals surface area contributed by atoms with Gasteiger partial charge in [-0.2, -0.15) is 0 Å². The number of hydrogen-bond donors (Lipinski definition) is 0. The van der Waals surface area contributed by atoms with Crippen LogP contribution in [0.2, 0.25) is 0 Å². The van der Waals surface area contributed by atoms with Crippen LogP contribution < -0.4 is 0 Å². The standard InChI is InChI=1S/C3H4F3I/c1-3(6,7)2(4)5/h2H,1H3. The maximum Gasteiger partial charge on any atom is 0.280 e. The van der Waals surface area contributed by atoms with E-state index in [1.807, 2.05) is 0 Å². The van der Waals surface area contributed by atoms with Gasteiger partial charge in [-0.25, -0.2) is 13.2 Å². The highest BCUT2D eigenvalue weighted by atomic mass is 127. The van der Waals surface area contributed by atoms with Crippen molar-refractivity contribution >= 4 is 22.6 Å². The molecule has 0 saturated heterocycles. The van der Waals surface area contributed by atoms with Crippen molar-refractivity contribution in [1.29, 1.82) is 0 Å². The van der Waals surface area contributed by atoms with Crippen LogP contribution in [0, 0.1) is 0 Å². The lowest BCUT2D eigenvalue weighted by Gasteiger charge is -2.07. The fourth-order valence-electron chi connectivity index (χ4n) is 0. The van der Waals surface area contributed by atoms with Crippen LogP contribution in [0.1, 0.15) is 6.92 Å². The molecule has 0 bridgehead atoms. The second-order valence-electron chi connectivity index (χ2n) is 1.26. The Morgan fingerprint density at radius 1 is 1.57 bits per heavy atom. The highest BCUT2D eigenvalue weighted by Gasteiger charge is 2.30. The molecule has 0 fully saturated rings. The first-order chi connectivity index (χ1) is 2.94. The molecule has 0 amide bonds. The van der Waals surface area contributed by atoms with E-state index >= 15 is 0 Å². The maximum absolute atomic E-state index is 11.7. The highest BCUT2D eigenvalue weighted by molar-refractivity contribution is 14.1. The second kappa shape index (κ2) is 2.19. The van der Waals surface area contributed by atoms with Crippen LogP contribution in [0.3, 0.4) is 0 Å². The number of hydrogen-bond acceptors (Lipinski definition) is 0. The van der Waals surface area contributed by atoms with Gasteiger partial charge in [0.15, 0.2) is 0 Å². The molecular formula is C3H4F3I. The van der Waals surface area contributed by atoms with Crippen molar-refractivity contribution in [3.8, 4) is 0 Å². The summed E-state index contributed by atoms with van der Waals surface area (Å²) < 4.78 is 31.7. The molecule has 0 aliphatic rings. The van der Waals surface area contributed by atoms with Gasteiger partial charge in [0.2, 0.25) is 3.68 Å². The third-order valence-electron chi connectivity index (χ3n) is 0.383. The molecule has 0 nitrogen and oxygen atoms in total. The molecule has 1 atom stereocenters. The van der Waals surface area contributed by atoms with Crippen molar-refractivity contribution in [3.05, 3.63) is 0 Å². The third-order valence-corrected chi connectivity index (χ3v) is 0.854. The SMILES string of the molecule is CC(F)(I)C(F)F. The van der Waals surface area contributed by atoms with Crippen molar-refractivity contribution in [2.24, 2.45) is 0 Å². The van der Waals surface area contributed by atoms with E-state index in [4.69, 9.17) is 0 Å². The normalized spacial score (nSPS) is 19.7. The summed E-state index contributed by atoms with van der Waals surface area (Å²) in [6, 6.07) is 0. The Morgan fingerprint density at radius 2 is 1.71 bits per heavy atom. The zero-order valence-corrected chi connectivity index (χ0v) is 5.75. The van der Waals surface area contributed by atoms with Crippen molar-refractivity contribution in [2.45, 2.75) is 17.0 Å². The molecule has 0 rings (SSSR count). The molecule has 0 spiro atoms. The van der Waals surface area contributed by atoms with Crippen LogP contribution >= 0.6 is 22.6 Å². The molecule has 0 saturated carbocycles. The van der Waals surface area contributed by atoms with Gasteiger partial charge in [-0.05, 0) is 29.5 Å². The summed E-state index contributed by atoms with van der Waals surface area (Å²) in [6.45, 7) is 0.832. The van der Waals surface area contributed by atoms with Crippen molar-refractivity contribution in [1.82, 2.24) is 0 Å². The summed E-state index contributed by atoms with van der Waals surface area (Å²) in [5, 5.41) is 0. The average Bonchev–Trinajstić information content (AvgIpc) is 1.31. The van der Waals surface area contributed by atoms with Crippen LogP contribution in [0.25, 0.3) is 0 Å². The largest absolute Gasteiger partial charge is 0.280 e. The molecule has 0 aromatic heterocycles. The lowest BCUT2D eigenvalue weighted by Crippen LogP contribution is -2.18.